The van der Waals surface area contributed by atoms with Gasteiger partial charge >= 0.3 is 0 Å². The number of hydrogen-bond donors (Lipinski definition) is 1. The second kappa shape index (κ2) is 4.99. The normalized spacial score (nSPS) is 25.1. The maximum absolute atomic E-state index is 11.2. The largest absolute Gasteiger partial charge is 0.302 e. The summed E-state index contributed by atoms with van der Waals surface area (Å²) < 4.78 is 43.9. The first-order chi connectivity index (χ1) is 7.20. The van der Waals surface area contributed by atoms with Gasteiger partial charge in [0.15, 0.2) is 9.84 Å². The molecule has 0 aromatic rings. The number of primary sulfonamides is 1. The van der Waals surface area contributed by atoms with Gasteiger partial charge in [-0.25, -0.2) is 22.0 Å². The maximum atomic E-state index is 11.2. The summed E-state index contributed by atoms with van der Waals surface area (Å²) >= 11 is 0. The van der Waals surface area contributed by atoms with E-state index < -0.39 is 19.9 Å². The van der Waals surface area contributed by atoms with Crippen molar-refractivity contribution in [3.8, 4) is 0 Å². The van der Waals surface area contributed by atoms with Crippen molar-refractivity contribution in [3.05, 3.63) is 0 Å². The van der Waals surface area contributed by atoms with Gasteiger partial charge in [0.2, 0.25) is 10.0 Å². The van der Waals surface area contributed by atoms with Gasteiger partial charge in [0.25, 0.3) is 0 Å². The predicted octanol–water partition coefficient (Wildman–Crippen LogP) is -1.22. The van der Waals surface area contributed by atoms with E-state index in [1.54, 1.807) is 0 Å². The Bertz CT molecular complexity index is 429. The van der Waals surface area contributed by atoms with Gasteiger partial charge in [0.05, 0.1) is 17.3 Å². The maximum Gasteiger partial charge on any atom is 0.209 e. The first kappa shape index (κ1) is 13.9. The number of rotatable bonds is 5. The van der Waals surface area contributed by atoms with Crippen molar-refractivity contribution in [1.29, 1.82) is 0 Å². The second-order valence-electron chi connectivity index (χ2n) is 4.26. The lowest BCUT2D eigenvalue weighted by Gasteiger charge is -2.22. The van der Waals surface area contributed by atoms with Crippen LogP contribution in [-0.2, 0) is 19.9 Å². The Labute approximate surface area is 96.8 Å². The molecule has 1 unspecified atom stereocenters. The van der Waals surface area contributed by atoms with Crippen LogP contribution in [0.5, 0.6) is 0 Å². The molecule has 1 aliphatic rings. The van der Waals surface area contributed by atoms with Crippen LogP contribution in [0.3, 0.4) is 0 Å². The molecule has 0 saturated carbocycles. The molecule has 0 aliphatic carbocycles. The second-order valence-corrected chi connectivity index (χ2v) is 8.22. The molecule has 0 spiro atoms. The number of sulfonamides is 1. The van der Waals surface area contributed by atoms with Gasteiger partial charge in [0, 0.05) is 6.04 Å². The minimum absolute atomic E-state index is 0.0190. The zero-order chi connectivity index (χ0) is 12.4. The molecule has 1 saturated heterocycles. The van der Waals surface area contributed by atoms with E-state index in [1.165, 1.54) is 0 Å². The molecule has 8 heteroatoms. The van der Waals surface area contributed by atoms with E-state index in [4.69, 9.17) is 5.14 Å². The molecule has 1 heterocycles. The van der Waals surface area contributed by atoms with Gasteiger partial charge < -0.3 is 4.90 Å². The van der Waals surface area contributed by atoms with Crippen molar-refractivity contribution in [2.75, 3.05) is 30.9 Å². The summed E-state index contributed by atoms with van der Waals surface area (Å²) in [5, 5.41) is 4.88. The van der Waals surface area contributed by atoms with Crippen LogP contribution in [0.1, 0.15) is 12.8 Å². The highest BCUT2D eigenvalue weighted by Gasteiger charge is 2.30. The number of sulfone groups is 1. The highest BCUT2D eigenvalue weighted by Crippen LogP contribution is 2.16. The summed E-state index contributed by atoms with van der Waals surface area (Å²) in [7, 11) is -4.48. The van der Waals surface area contributed by atoms with Gasteiger partial charge in [-0.3, -0.25) is 0 Å². The van der Waals surface area contributed by atoms with Gasteiger partial charge in [-0.15, -0.1) is 0 Å². The molecule has 2 N–H and O–H groups in total. The van der Waals surface area contributed by atoms with Gasteiger partial charge in [-0.2, -0.15) is 0 Å². The topological polar surface area (TPSA) is 97.5 Å². The highest BCUT2D eigenvalue weighted by molar-refractivity contribution is 7.91. The van der Waals surface area contributed by atoms with Crippen LogP contribution in [0.2, 0.25) is 0 Å². The fourth-order valence-electron chi connectivity index (χ4n) is 1.82. The molecule has 1 aliphatic heterocycles. The Balaban J connectivity index is 2.34. The first-order valence-corrected chi connectivity index (χ1v) is 8.64. The number of nitrogens with two attached hydrogens (primary N) is 1. The SMILES string of the molecule is CN(CCCS(N)(=O)=O)C1CCS(=O)(=O)C1. The molecule has 1 atom stereocenters. The van der Waals surface area contributed by atoms with Crippen molar-refractivity contribution >= 4 is 19.9 Å². The van der Waals surface area contributed by atoms with Crippen LogP contribution in [0, 0.1) is 0 Å². The van der Waals surface area contributed by atoms with Crippen molar-refractivity contribution in [2.24, 2.45) is 5.14 Å². The zero-order valence-electron chi connectivity index (χ0n) is 9.29. The standard InChI is InChI=1S/C8H18N2O4S2/c1-10(4-2-5-16(9,13)14)8-3-6-15(11,12)7-8/h8H,2-7H2,1H3,(H2,9,13,14). The third kappa shape index (κ3) is 4.77. The molecule has 16 heavy (non-hydrogen) atoms. The van der Waals surface area contributed by atoms with Crippen LogP contribution in [-0.4, -0.2) is 58.6 Å². The molecule has 6 nitrogen and oxygen atoms in total. The minimum Gasteiger partial charge on any atom is -0.302 e. The molecular weight excluding hydrogens is 252 g/mol. The van der Waals surface area contributed by atoms with E-state index in [1.807, 2.05) is 11.9 Å². The van der Waals surface area contributed by atoms with E-state index in [-0.39, 0.29) is 23.3 Å². The van der Waals surface area contributed by atoms with E-state index in [0.29, 0.717) is 19.4 Å². The fraction of sp³-hybridized carbons (Fsp3) is 1.00. The lowest BCUT2D eigenvalue weighted by molar-refractivity contribution is 0.263. The molecule has 1 fully saturated rings. The summed E-state index contributed by atoms with van der Waals surface area (Å²) in [5.74, 6) is 0.354. The average Bonchev–Trinajstić information content (AvgIpc) is 2.43. The Hall–Kier alpha value is -0.180. The van der Waals surface area contributed by atoms with Crippen molar-refractivity contribution in [1.82, 2.24) is 4.90 Å². The number of nitrogens with zero attached hydrogens (tertiary/aromatic N) is 1. The van der Waals surface area contributed by atoms with E-state index in [0.717, 1.165) is 0 Å². The molecule has 0 radical (unpaired) electrons. The summed E-state index contributed by atoms with van der Waals surface area (Å²) in [6, 6.07) is 0.0190. The van der Waals surface area contributed by atoms with Crippen LogP contribution in [0.4, 0.5) is 0 Å². The first-order valence-electron chi connectivity index (χ1n) is 5.11. The Kier molecular flexibility index (Phi) is 4.33. The smallest absolute Gasteiger partial charge is 0.209 e. The van der Waals surface area contributed by atoms with Crippen molar-refractivity contribution < 1.29 is 16.8 Å². The van der Waals surface area contributed by atoms with Gasteiger partial charge in [-0.1, -0.05) is 0 Å². The van der Waals surface area contributed by atoms with Gasteiger partial charge in [0.1, 0.15) is 0 Å². The van der Waals surface area contributed by atoms with Crippen LogP contribution in [0.15, 0.2) is 0 Å². The summed E-state index contributed by atoms with van der Waals surface area (Å²) in [4.78, 5) is 1.90. The van der Waals surface area contributed by atoms with Crippen LogP contribution in [0.25, 0.3) is 0 Å². The van der Waals surface area contributed by atoms with Crippen molar-refractivity contribution in [3.63, 3.8) is 0 Å². The van der Waals surface area contributed by atoms with E-state index >= 15 is 0 Å². The molecule has 1 rings (SSSR count). The predicted molar refractivity (Wildman–Crippen MR) is 62.3 cm³/mol. The Morgan fingerprint density at radius 1 is 1.44 bits per heavy atom. The Morgan fingerprint density at radius 2 is 2.06 bits per heavy atom. The molecule has 0 aromatic carbocycles. The average molecular weight is 270 g/mol. The van der Waals surface area contributed by atoms with E-state index in [2.05, 4.69) is 0 Å². The summed E-state index contributed by atoms with van der Waals surface area (Å²) in [5.41, 5.74) is 0. The monoisotopic (exact) mass is 270 g/mol. The quantitative estimate of drug-likeness (QED) is 0.675. The third-order valence-electron chi connectivity index (χ3n) is 2.77. The van der Waals surface area contributed by atoms with Gasteiger partial charge in [-0.05, 0) is 26.4 Å². The van der Waals surface area contributed by atoms with E-state index in [9.17, 15) is 16.8 Å². The lowest BCUT2D eigenvalue weighted by atomic mass is 10.2. The Morgan fingerprint density at radius 3 is 2.50 bits per heavy atom. The third-order valence-corrected chi connectivity index (χ3v) is 5.38. The molecule has 96 valence electrons. The zero-order valence-corrected chi connectivity index (χ0v) is 10.9. The highest BCUT2D eigenvalue weighted by atomic mass is 32.2. The molecular formula is C8H18N2O4S2. The summed E-state index contributed by atoms with van der Waals surface area (Å²) in [6.07, 6.45) is 1.07. The molecule has 0 bridgehead atoms. The summed E-state index contributed by atoms with van der Waals surface area (Å²) in [6.45, 7) is 0.552. The van der Waals surface area contributed by atoms with Crippen LogP contribution >= 0.6 is 0 Å². The molecule has 0 amide bonds. The minimum atomic E-state index is -3.41. The molecule has 0 aromatic heterocycles. The number of hydrogen-bond acceptors (Lipinski definition) is 5. The van der Waals surface area contributed by atoms with Crippen LogP contribution < -0.4 is 5.14 Å². The van der Waals surface area contributed by atoms with Crippen molar-refractivity contribution in [2.45, 2.75) is 18.9 Å². The fourth-order valence-corrected chi connectivity index (χ4v) is 4.16. The lowest BCUT2D eigenvalue weighted by Crippen LogP contribution is -2.34.